The number of aromatic amines is 1. The number of carbonyl (C=O) groups is 1. The number of anilines is 1. The number of nitrogens with zero attached hydrogens (tertiary/aromatic N) is 3. The highest BCUT2D eigenvalue weighted by atomic mass is 32.2. The Balaban J connectivity index is 1.30. The van der Waals surface area contributed by atoms with Crippen molar-refractivity contribution in [3.63, 3.8) is 0 Å². The van der Waals surface area contributed by atoms with E-state index in [9.17, 15) is 9.59 Å². The van der Waals surface area contributed by atoms with E-state index in [-0.39, 0.29) is 36.1 Å². The molecule has 0 spiro atoms. The molecule has 4 heterocycles. The number of hydrogen-bond donors (Lipinski definition) is 2. The molecule has 0 bridgehead atoms. The summed E-state index contributed by atoms with van der Waals surface area (Å²) < 4.78 is 24.9. The molecule has 2 aliphatic heterocycles. The number of fused-ring (bicyclic) bond motifs is 1. The number of thioether (sulfide) groups is 1. The normalized spacial score (nSPS) is 24.6. The van der Waals surface area contributed by atoms with Gasteiger partial charge in [-0.2, -0.15) is 0 Å². The van der Waals surface area contributed by atoms with Gasteiger partial charge in [0.05, 0.1) is 18.8 Å². The number of morpholine rings is 1. The van der Waals surface area contributed by atoms with E-state index in [1.807, 2.05) is 57.5 Å². The summed E-state index contributed by atoms with van der Waals surface area (Å²) in [4.78, 5) is 40.0. The molecule has 1 saturated heterocycles. The number of methoxy groups -OCH3 is 1. The standard InChI is InChI=1S/C39H53N5O6S/c1-23-17-33(51-8)32(38(46)42-23)20-41-37(45)30-18-31(27-9-14-34(40-19-27)44-21-24(2)48-25(3)22-44)36-35(26(30)4)49-39(5,50-36)28-10-12-29(13-11-28)43(6)15-16-47-7/h9,14,17-19,24-25,28-29H,10-13,15-16,20-22H2,1-8H3,(H,41,45)(H,42,46)/t24-,25+,28?,29?,39?. The van der Waals surface area contributed by atoms with Crippen molar-refractivity contribution in [1.29, 1.82) is 0 Å². The molecular weight excluding hydrogens is 667 g/mol. The molecule has 6 rings (SSSR count). The second kappa shape index (κ2) is 15.6. The maximum atomic E-state index is 14.0. The van der Waals surface area contributed by atoms with E-state index >= 15 is 0 Å². The highest BCUT2D eigenvalue weighted by Gasteiger charge is 2.48. The van der Waals surface area contributed by atoms with Crippen LogP contribution in [0.15, 0.2) is 40.2 Å². The van der Waals surface area contributed by atoms with E-state index in [4.69, 9.17) is 23.9 Å². The maximum absolute atomic E-state index is 14.0. The van der Waals surface area contributed by atoms with E-state index < -0.39 is 5.79 Å². The first-order chi connectivity index (χ1) is 24.4. The van der Waals surface area contributed by atoms with Gasteiger partial charge in [-0.15, -0.1) is 11.8 Å². The molecule has 3 aromatic rings. The molecule has 2 N–H and O–H groups in total. The van der Waals surface area contributed by atoms with Crippen molar-refractivity contribution in [1.82, 2.24) is 20.2 Å². The van der Waals surface area contributed by atoms with Crippen LogP contribution < -0.4 is 25.2 Å². The van der Waals surface area contributed by atoms with Crippen molar-refractivity contribution in [3.8, 4) is 22.6 Å². The van der Waals surface area contributed by atoms with Gasteiger partial charge in [-0.3, -0.25) is 9.59 Å². The molecule has 2 aromatic heterocycles. The van der Waals surface area contributed by atoms with Crippen molar-refractivity contribution in [2.24, 2.45) is 5.92 Å². The molecule has 1 amide bonds. The number of amides is 1. The van der Waals surface area contributed by atoms with Crippen LogP contribution in [0.4, 0.5) is 5.82 Å². The minimum absolute atomic E-state index is 0.0975. The van der Waals surface area contributed by atoms with Gasteiger partial charge in [0, 0.05) is 96.8 Å². The van der Waals surface area contributed by atoms with Crippen LogP contribution in [0.1, 0.15) is 73.6 Å². The van der Waals surface area contributed by atoms with Crippen LogP contribution in [-0.4, -0.2) is 91.5 Å². The van der Waals surface area contributed by atoms with Crippen LogP contribution in [-0.2, 0) is 16.0 Å². The summed E-state index contributed by atoms with van der Waals surface area (Å²) in [6, 6.07) is 8.36. The molecule has 1 aliphatic carbocycles. The van der Waals surface area contributed by atoms with Crippen molar-refractivity contribution in [2.45, 2.75) is 95.8 Å². The van der Waals surface area contributed by atoms with Gasteiger partial charge in [0.2, 0.25) is 0 Å². The molecule has 276 valence electrons. The summed E-state index contributed by atoms with van der Waals surface area (Å²) in [5, 5.41) is 3.02. The Morgan fingerprint density at radius 2 is 1.82 bits per heavy atom. The SMILES string of the molecule is COCCN(C)C1CCC(C2(C)Oc3c(-c4ccc(N5C[C@@H](C)O[C@@H](C)C5)nc4)cc(C(=O)NCc4c(SC)cc(C)[nH]c4=O)c(C)c3O2)CC1. The lowest BCUT2D eigenvalue weighted by Gasteiger charge is -2.39. The summed E-state index contributed by atoms with van der Waals surface area (Å²) in [5.74, 6) is 1.09. The number of nitrogens with one attached hydrogen (secondary N) is 2. The fourth-order valence-corrected chi connectivity index (χ4v) is 8.56. The molecular formula is C39H53N5O6S. The van der Waals surface area contributed by atoms with Crippen molar-refractivity contribution in [3.05, 3.63) is 63.2 Å². The van der Waals surface area contributed by atoms with Crippen LogP contribution in [0, 0.1) is 19.8 Å². The largest absolute Gasteiger partial charge is 0.448 e. The third kappa shape index (κ3) is 7.94. The van der Waals surface area contributed by atoms with Crippen LogP contribution in [0.25, 0.3) is 11.1 Å². The van der Waals surface area contributed by atoms with Gasteiger partial charge in [-0.25, -0.2) is 4.98 Å². The second-order valence-electron chi connectivity index (χ2n) is 14.5. The number of likely N-dealkylation sites (N-methyl/N-ethyl adjacent to an activating group) is 1. The Morgan fingerprint density at radius 3 is 2.47 bits per heavy atom. The van der Waals surface area contributed by atoms with Gasteiger partial charge in [0.15, 0.2) is 11.5 Å². The second-order valence-corrected chi connectivity index (χ2v) is 15.4. The maximum Gasteiger partial charge on any atom is 0.254 e. The summed E-state index contributed by atoms with van der Waals surface area (Å²) in [6.07, 6.45) is 8.02. The van der Waals surface area contributed by atoms with Gasteiger partial charge in [0.1, 0.15) is 5.82 Å². The third-order valence-corrected chi connectivity index (χ3v) is 11.5. The Hall–Kier alpha value is -3.58. The highest BCUT2D eigenvalue weighted by Crippen LogP contribution is 2.53. The zero-order valence-electron chi connectivity index (χ0n) is 31.3. The number of aryl methyl sites for hydroxylation is 1. The monoisotopic (exact) mass is 719 g/mol. The first-order valence-electron chi connectivity index (χ1n) is 18.1. The van der Waals surface area contributed by atoms with Crippen LogP contribution in [0.2, 0.25) is 0 Å². The number of aromatic nitrogens is 2. The lowest BCUT2D eigenvalue weighted by Crippen LogP contribution is -2.47. The number of benzene rings is 1. The Morgan fingerprint density at radius 1 is 1.12 bits per heavy atom. The Kier molecular flexibility index (Phi) is 11.4. The van der Waals surface area contributed by atoms with Crippen molar-refractivity contribution < 1.29 is 23.7 Å². The van der Waals surface area contributed by atoms with Gasteiger partial charge in [-0.05, 0) is 90.9 Å². The molecule has 1 saturated carbocycles. The van der Waals surface area contributed by atoms with Crippen LogP contribution >= 0.6 is 11.8 Å². The smallest absolute Gasteiger partial charge is 0.254 e. The highest BCUT2D eigenvalue weighted by molar-refractivity contribution is 7.98. The molecule has 3 aliphatic rings. The van der Waals surface area contributed by atoms with Gasteiger partial charge < -0.3 is 39.0 Å². The van der Waals surface area contributed by atoms with E-state index in [1.165, 1.54) is 11.8 Å². The molecule has 12 heteroatoms. The minimum Gasteiger partial charge on any atom is -0.448 e. The number of H-pyrrole nitrogens is 1. The van der Waals surface area contributed by atoms with Crippen LogP contribution in [0.3, 0.4) is 0 Å². The molecule has 1 aromatic carbocycles. The molecule has 1 unspecified atom stereocenters. The first-order valence-corrected chi connectivity index (χ1v) is 19.3. The lowest BCUT2D eigenvalue weighted by molar-refractivity contribution is -0.123. The average Bonchev–Trinajstić information content (AvgIpc) is 3.48. The third-order valence-electron chi connectivity index (χ3n) is 10.7. The molecule has 51 heavy (non-hydrogen) atoms. The Labute approximate surface area is 305 Å². The van der Waals surface area contributed by atoms with Crippen molar-refractivity contribution in [2.75, 3.05) is 51.6 Å². The molecule has 0 radical (unpaired) electrons. The quantitative estimate of drug-likeness (QED) is 0.231. The van der Waals surface area contributed by atoms with Crippen molar-refractivity contribution >= 4 is 23.5 Å². The summed E-state index contributed by atoms with van der Waals surface area (Å²) in [5.41, 5.74) is 3.85. The molecule has 3 atom stereocenters. The predicted octanol–water partition coefficient (Wildman–Crippen LogP) is 5.94. The molecule has 2 fully saturated rings. The fraction of sp³-hybridized carbons (Fsp3) is 0.564. The Bertz CT molecular complexity index is 1770. The number of carbonyl (C=O) groups excluding carboxylic acids is 1. The van der Waals surface area contributed by atoms with E-state index in [0.717, 1.165) is 72.9 Å². The lowest BCUT2D eigenvalue weighted by atomic mass is 9.81. The minimum atomic E-state index is -0.886. The summed E-state index contributed by atoms with van der Waals surface area (Å²) in [7, 11) is 3.91. The van der Waals surface area contributed by atoms with Crippen LogP contribution in [0.5, 0.6) is 11.5 Å². The number of ether oxygens (including phenoxy) is 4. The predicted molar refractivity (Wildman–Crippen MR) is 201 cm³/mol. The zero-order valence-corrected chi connectivity index (χ0v) is 32.1. The van der Waals surface area contributed by atoms with Gasteiger partial charge in [-0.1, -0.05) is 0 Å². The number of pyridine rings is 2. The number of hydrogen-bond acceptors (Lipinski definition) is 10. The van der Waals surface area contributed by atoms with E-state index in [2.05, 4.69) is 41.0 Å². The fourth-order valence-electron chi connectivity index (χ4n) is 7.86. The number of rotatable bonds is 11. The summed E-state index contributed by atoms with van der Waals surface area (Å²) >= 11 is 1.49. The first kappa shape index (κ1) is 37.2. The van der Waals surface area contributed by atoms with E-state index in [0.29, 0.717) is 40.8 Å². The van der Waals surface area contributed by atoms with Gasteiger partial charge >= 0.3 is 0 Å². The van der Waals surface area contributed by atoms with Gasteiger partial charge in [0.25, 0.3) is 17.3 Å². The zero-order chi connectivity index (χ0) is 36.4. The summed E-state index contributed by atoms with van der Waals surface area (Å²) in [6.45, 7) is 13.2. The molecule has 11 nitrogen and oxygen atoms in total. The topological polar surface area (TPSA) is 118 Å². The van der Waals surface area contributed by atoms with E-state index in [1.54, 1.807) is 7.11 Å². The average molecular weight is 720 g/mol.